The summed E-state index contributed by atoms with van der Waals surface area (Å²) in [7, 11) is 1.88. The number of aryl methyl sites for hydroxylation is 2. The van der Waals surface area contributed by atoms with Crippen molar-refractivity contribution in [2.75, 3.05) is 19.7 Å². The molecule has 1 aliphatic carbocycles. The number of hydrogen-bond donors (Lipinski definition) is 0. The van der Waals surface area contributed by atoms with Gasteiger partial charge in [-0.2, -0.15) is 5.10 Å². The second-order valence-corrected chi connectivity index (χ2v) is 8.12. The Balaban J connectivity index is 1.29. The molecular formula is C21H29N5O2. The third kappa shape index (κ3) is 3.75. The first-order valence-electron chi connectivity index (χ1n) is 10.3. The van der Waals surface area contributed by atoms with Crippen LogP contribution in [0.5, 0.6) is 5.88 Å². The lowest BCUT2D eigenvalue weighted by Gasteiger charge is -2.32. The van der Waals surface area contributed by atoms with Crippen molar-refractivity contribution in [3.8, 4) is 5.88 Å². The number of nitrogens with zero attached hydrogens (tertiary/aromatic N) is 5. The quantitative estimate of drug-likeness (QED) is 0.793. The van der Waals surface area contributed by atoms with Crippen LogP contribution in [0.1, 0.15) is 65.5 Å². The molecule has 1 aliphatic heterocycles. The van der Waals surface area contributed by atoms with Gasteiger partial charge in [-0.15, -0.1) is 0 Å². The minimum absolute atomic E-state index is 0.100. The van der Waals surface area contributed by atoms with Crippen molar-refractivity contribution in [2.24, 2.45) is 13.0 Å². The average Bonchev–Trinajstić information content (AvgIpc) is 2.91. The Morgan fingerprint density at radius 3 is 2.54 bits per heavy atom. The van der Waals surface area contributed by atoms with Gasteiger partial charge in [-0.25, -0.2) is 9.97 Å². The number of piperidine rings is 1. The predicted octanol–water partition coefficient (Wildman–Crippen LogP) is 3.03. The lowest BCUT2D eigenvalue weighted by molar-refractivity contribution is 0.0657. The molecular weight excluding hydrogens is 354 g/mol. The molecule has 7 heteroatoms. The number of ether oxygens (including phenoxy) is 1. The Morgan fingerprint density at radius 2 is 1.93 bits per heavy atom. The highest BCUT2D eigenvalue weighted by atomic mass is 16.5. The van der Waals surface area contributed by atoms with Gasteiger partial charge >= 0.3 is 0 Å². The molecule has 0 aromatic carbocycles. The Labute approximate surface area is 166 Å². The van der Waals surface area contributed by atoms with E-state index in [1.54, 1.807) is 11.0 Å². The fraction of sp³-hybridized carbons (Fsp3) is 0.619. The van der Waals surface area contributed by atoms with Gasteiger partial charge in [-0.1, -0.05) is 6.42 Å². The highest BCUT2D eigenvalue weighted by Gasteiger charge is 2.28. The molecule has 2 fully saturated rings. The van der Waals surface area contributed by atoms with E-state index in [1.807, 2.05) is 31.9 Å². The lowest BCUT2D eigenvalue weighted by Crippen LogP contribution is -2.40. The SMILES string of the molecule is Cc1nn(C)c(C)c1C(=O)N1CCC(COc2cc(C3CCC3)ncn2)CC1. The van der Waals surface area contributed by atoms with Gasteiger partial charge in [-0.3, -0.25) is 9.48 Å². The zero-order valence-corrected chi connectivity index (χ0v) is 17.0. The second-order valence-electron chi connectivity index (χ2n) is 8.12. The topological polar surface area (TPSA) is 73.1 Å². The van der Waals surface area contributed by atoms with Crippen molar-refractivity contribution in [2.45, 2.75) is 51.9 Å². The summed E-state index contributed by atoms with van der Waals surface area (Å²) in [4.78, 5) is 23.5. The van der Waals surface area contributed by atoms with Gasteiger partial charge in [-0.05, 0) is 45.4 Å². The molecule has 4 rings (SSSR count). The molecule has 1 saturated carbocycles. The van der Waals surface area contributed by atoms with Gasteiger partial charge in [0.2, 0.25) is 5.88 Å². The van der Waals surface area contributed by atoms with Crippen molar-refractivity contribution >= 4 is 5.91 Å². The van der Waals surface area contributed by atoms with Crippen molar-refractivity contribution in [3.05, 3.63) is 35.0 Å². The molecule has 2 aliphatic rings. The highest BCUT2D eigenvalue weighted by molar-refractivity contribution is 5.96. The molecule has 0 atom stereocenters. The highest BCUT2D eigenvalue weighted by Crippen LogP contribution is 2.35. The summed E-state index contributed by atoms with van der Waals surface area (Å²) in [5.41, 5.74) is 3.60. The number of carbonyl (C=O) groups is 1. The van der Waals surface area contributed by atoms with Gasteiger partial charge in [0, 0.05) is 37.8 Å². The van der Waals surface area contributed by atoms with E-state index in [9.17, 15) is 4.79 Å². The third-order valence-corrected chi connectivity index (χ3v) is 6.28. The van der Waals surface area contributed by atoms with E-state index in [4.69, 9.17) is 4.74 Å². The molecule has 150 valence electrons. The van der Waals surface area contributed by atoms with Crippen molar-refractivity contribution in [1.29, 1.82) is 0 Å². The summed E-state index contributed by atoms with van der Waals surface area (Å²) in [6, 6.07) is 2.00. The first-order chi connectivity index (χ1) is 13.5. The fourth-order valence-corrected chi connectivity index (χ4v) is 4.11. The number of carbonyl (C=O) groups excluding carboxylic acids is 1. The zero-order valence-electron chi connectivity index (χ0n) is 17.0. The lowest BCUT2D eigenvalue weighted by atomic mass is 9.83. The van der Waals surface area contributed by atoms with E-state index >= 15 is 0 Å². The van der Waals surface area contributed by atoms with Crippen molar-refractivity contribution < 1.29 is 9.53 Å². The van der Waals surface area contributed by atoms with Crippen molar-refractivity contribution in [3.63, 3.8) is 0 Å². The Hall–Kier alpha value is -2.44. The summed E-state index contributed by atoms with van der Waals surface area (Å²) in [6.07, 6.45) is 7.25. The molecule has 28 heavy (non-hydrogen) atoms. The van der Waals surface area contributed by atoms with Gasteiger partial charge in [0.05, 0.1) is 23.6 Å². The number of aromatic nitrogens is 4. The maximum Gasteiger partial charge on any atom is 0.257 e. The van der Waals surface area contributed by atoms with Crippen LogP contribution in [0.25, 0.3) is 0 Å². The minimum atomic E-state index is 0.100. The van der Waals surface area contributed by atoms with E-state index in [1.165, 1.54) is 19.3 Å². The van der Waals surface area contributed by atoms with Crippen molar-refractivity contribution in [1.82, 2.24) is 24.6 Å². The van der Waals surface area contributed by atoms with Crippen LogP contribution in [0.15, 0.2) is 12.4 Å². The molecule has 0 N–H and O–H groups in total. The van der Waals surface area contributed by atoms with Gasteiger partial charge in [0.1, 0.15) is 6.33 Å². The first kappa shape index (κ1) is 18.9. The van der Waals surface area contributed by atoms with E-state index in [0.29, 0.717) is 24.3 Å². The Bertz CT molecular complexity index is 850. The third-order valence-electron chi connectivity index (χ3n) is 6.28. The summed E-state index contributed by atoms with van der Waals surface area (Å²) in [5, 5.41) is 4.37. The summed E-state index contributed by atoms with van der Waals surface area (Å²) < 4.78 is 7.74. The standard InChI is InChI=1S/C21H29N5O2/c1-14-20(15(2)25(3)24-14)21(27)26-9-7-16(8-10-26)12-28-19-11-18(22-13-23-19)17-5-4-6-17/h11,13,16-17H,4-10,12H2,1-3H3. The molecule has 0 radical (unpaired) electrons. The monoisotopic (exact) mass is 383 g/mol. The normalized spacial score (nSPS) is 18.2. The van der Waals surface area contributed by atoms with Crippen LogP contribution in [-0.2, 0) is 7.05 Å². The van der Waals surface area contributed by atoms with Gasteiger partial charge in [0.25, 0.3) is 5.91 Å². The van der Waals surface area contributed by atoms with Crippen LogP contribution in [0.2, 0.25) is 0 Å². The molecule has 7 nitrogen and oxygen atoms in total. The number of amides is 1. The first-order valence-corrected chi connectivity index (χ1v) is 10.3. The van der Waals surface area contributed by atoms with E-state index < -0.39 is 0 Å². The Kier molecular flexibility index (Phi) is 5.33. The maximum atomic E-state index is 12.9. The second kappa shape index (κ2) is 7.89. The van der Waals surface area contributed by atoms with E-state index in [2.05, 4.69) is 15.1 Å². The van der Waals surface area contributed by atoms with Crippen LogP contribution in [0.3, 0.4) is 0 Å². The number of rotatable bonds is 5. The molecule has 3 heterocycles. The number of hydrogen-bond acceptors (Lipinski definition) is 5. The van der Waals surface area contributed by atoms with Crippen LogP contribution in [0.4, 0.5) is 0 Å². The van der Waals surface area contributed by atoms with Crippen LogP contribution >= 0.6 is 0 Å². The molecule has 0 spiro atoms. The van der Waals surface area contributed by atoms with Gasteiger partial charge < -0.3 is 9.64 Å². The van der Waals surface area contributed by atoms with Gasteiger partial charge in [0.15, 0.2) is 0 Å². The Morgan fingerprint density at radius 1 is 1.18 bits per heavy atom. The fourth-order valence-electron chi connectivity index (χ4n) is 4.11. The minimum Gasteiger partial charge on any atom is -0.477 e. The largest absolute Gasteiger partial charge is 0.477 e. The zero-order chi connectivity index (χ0) is 19.7. The molecule has 0 bridgehead atoms. The summed E-state index contributed by atoms with van der Waals surface area (Å²) >= 11 is 0. The van der Waals surface area contributed by atoms with Crippen LogP contribution in [-0.4, -0.2) is 50.3 Å². The number of likely N-dealkylation sites (tertiary alicyclic amines) is 1. The predicted molar refractivity (Wildman–Crippen MR) is 105 cm³/mol. The van der Waals surface area contributed by atoms with Crippen LogP contribution < -0.4 is 4.74 Å². The molecule has 0 unspecified atom stereocenters. The van der Waals surface area contributed by atoms with E-state index in [0.717, 1.165) is 48.6 Å². The maximum absolute atomic E-state index is 12.9. The molecule has 2 aromatic heterocycles. The molecule has 1 amide bonds. The van der Waals surface area contributed by atoms with E-state index in [-0.39, 0.29) is 5.91 Å². The van der Waals surface area contributed by atoms with Crippen LogP contribution in [0, 0.1) is 19.8 Å². The summed E-state index contributed by atoms with van der Waals surface area (Å²) in [6.45, 7) is 6.03. The molecule has 1 saturated heterocycles. The summed E-state index contributed by atoms with van der Waals surface area (Å²) in [5.74, 6) is 1.81. The average molecular weight is 383 g/mol. The smallest absolute Gasteiger partial charge is 0.257 e. The molecule has 2 aromatic rings.